The Morgan fingerprint density at radius 2 is 1.79 bits per heavy atom. The number of hydrogen-bond acceptors (Lipinski definition) is 2. The molecule has 1 heterocycles. The summed E-state index contributed by atoms with van der Waals surface area (Å²) >= 11 is 0. The Labute approximate surface area is 120 Å². The van der Waals surface area contributed by atoms with E-state index in [9.17, 15) is 0 Å². The maximum atomic E-state index is 6.16. The monoisotopic (exact) mass is 269 g/mol. The normalized spacial score (nSPS) is 24.3. The van der Waals surface area contributed by atoms with Crippen molar-refractivity contribution in [1.29, 1.82) is 0 Å². The molecule has 1 rings (SSSR count). The van der Waals surface area contributed by atoms with Crippen LogP contribution in [0, 0.1) is 17.8 Å². The quantitative estimate of drug-likeness (QED) is 0.711. The lowest BCUT2D eigenvalue weighted by Gasteiger charge is -2.25. The summed E-state index contributed by atoms with van der Waals surface area (Å²) in [4.78, 5) is 0. The van der Waals surface area contributed by atoms with Crippen LogP contribution >= 0.6 is 0 Å². The summed E-state index contributed by atoms with van der Waals surface area (Å²) in [7, 11) is 0. The molecule has 1 aliphatic rings. The van der Waals surface area contributed by atoms with Crippen molar-refractivity contribution in [2.75, 3.05) is 13.1 Å². The lowest BCUT2D eigenvalue weighted by Crippen LogP contribution is -2.30. The average Bonchev–Trinajstić information content (AvgIpc) is 2.56. The number of nitrogens with one attached hydrogen (secondary N) is 1. The Morgan fingerprint density at radius 3 is 2.26 bits per heavy atom. The van der Waals surface area contributed by atoms with Gasteiger partial charge >= 0.3 is 0 Å². The van der Waals surface area contributed by atoms with Crippen molar-refractivity contribution in [2.45, 2.75) is 78.9 Å². The van der Waals surface area contributed by atoms with Crippen molar-refractivity contribution < 1.29 is 4.74 Å². The van der Waals surface area contributed by atoms with E-state index in [1.54, 1.807) is 0 Å². The largest absolute Gasteiger partial charge is 0.372 e. The molecule has 1 saturated heterocycles. The third-order valence-electron chi connectivity index (χ3n) is 3.94. The molecule has 0 aromatic rings. The van der Waals surface area contributed by atoms with E-state index in [1.807, 2.05) is 0 Å². The van der Waals surface area contributed by atoms with Crippen LogP contribution in [0.3, 0.4) is 0 Å². The van der Waals surface area contributed by atoms with Crippen LogP contribution in [0.5, 0.6) is 0 Å². The molecule has 1 N–H and O–H groups in total. The van der Waals surface area contributed by atoms with Crippen molar-refractivity contribution in [1.82, 2.24) is 5.32 Å². The first kappa shape index (κ1) is 17.0. The second kappa shape index (κ2) is 7.64. The summed E-state index contributed by atoms with van der Waals surface area (Å²) in [5, 5.41) is 3.63. The molecule has 2 atom stereocenters. The molecule has 0 radical (unpaired) electrons. The van der Waals surface area contributed by atoms with Gasteiger partial charge in [0, 0.05) is 0 Å². The van der Waals surface area contributed by atoms with Gasteiger partial charge in [0.2, 0.25) is 0 Å². The number of hydrogen-bond donors (Lipinski definition) is 1. The lowest BCUT2D eigenvalue weighted by atomic mass is 9.90. The number of ether oxygens (including phenoxy) is 1. The van der Waals surface area contributed by atoms with E-state index in [0.29, 0.717) is 6.10 Å². The SMILES string of the molecule is CC(C)CNCC(CC(C)C)CC1CCC(C)(C)O1. The highest BCUT2D eigenvalue weighted by molar-refractivity contribution is 4.83. The van der Waals surface area contributed by atoms with Crippen LogP contribution in [-0.2, 0) is 4.74 Å². The van der Waals surface area contributed by atoms with E-state index in [4.69, 9.17) is 4.74 Å². The molecule has 2 nitrogen and oxygen atoms in total. The minimum Gasteiger partial charge on any atom is -0.372 e. The van der Waals surface area contributed by atoms with E-state index in [1.165, 1.54) is 25.7 Å². The predicted molar refractivity (Wildman–Crippen MR) is 83.5 cm³/mol. The van der Waals surface area contributed by atoms with E-state index in [2.05, 4.69) is 46.9 Å². The molecule has 0 aromatic carbocycles. The van der Waals surface area contributed by atoms with Crippen LogP contribution in [0.25, 0.3) is 0 Å². The molecule has 1 fully saturated rings. The van der Waals surface area contributed by atoms with Crippen molar-refractivity contribution >= 4 is 0 Å². The van der Waals surface area contributed by atoms with Crippen LogP contribution in [0.2, 0.25) is 0 Å². The molecule has 1 aliphatic heterocycles. The van der Waals surface area contributed by atoms with Gasteiger partial charge < -0.3 is 10.1 Å². The van der Waals surface area contributed by atoms with Crippen molar-refractivity contribution in [3.63, 3.8) is 0 Å². The second-order valence-electron chi connectivity index (χ2n) is 7.82. The first-order valence-corrected chi connectivity index (χ1v) is 8.17. The van der Waals surface area contributed by atoms with Crippen LogP contribution in [0.4, 0.5) is 0 Å². The molecule has 0 saturated carbocycles. The smallest absolute Gasteiger partial charge is 0.0631 e. The van der Waals surface area contributed by atoms with Crippen molar-refractivity contribution in [3.05, 3.63) is 0 Å². The van der Waals surface area contributed by atoms with E-state index >= 15 is 0 Å². The summed E-state index contributed by atoms with van der Waals surface area (Å²) in [5.41, 5.74) is 0.110. The zero-order valence-electron chi connectivity index (χ0n) is 14.0. The van der Waals surface area contributed by atoms with Crippen LogP contribution in [0.1, 0.15) is 67.2 Å². The van der Waals surface area contributed by atoms with Gasteiger partial charge in [0.1, 0.15) is 0 Å². The molecule has 2 heteroatoms. The number of rotatable bonds is 8. The fourth-order valence-electron chi connectivity index (χ4n) is 3.12. The summed E-state index contributed by atoms with van der Waals surface area (Å²) in [5.74, 6) is 2.28. The topological polar surface area (TPSA) is 21.3 Å². The Bertz CT molecular complexity index is 248. The van der Waals surface area contributed by atoms with Gasteiger partial charge in [-0.2, -0.15) is 0 Å². The molecular weight excluding hydrogens is 234 g/mol. The van der Waals surface area contributed by atoms with Crippen LogP contribution in [-0.4, -0.2) is 24.8 Å². The highest BCUT2D eigenvalue weighted by Gasteiger charge is 2.32. The van der Waals surface area contributed by atoms with Gasteiger partial charge in [0.15, 0.2) is 0 Å². The Balaban J connectivity index is 2.36. The van der Waals surface area contributed by atoms with Gasteiger partial charge in [-0.1, -0.05) is 27.7 Å². The zero-order valence-corrected chi connectivity index (χ0v) is 14.0. The van der Waals surface area contributed by atoms with E-state index in [-0.39, 0.29) is 5.60 Å². The van der Waals surface area contributed by atoms with Gasteiger partial charge in [0.25, 0.3) is 0 Å². The molecule has 0 spiro atoms. The standard InChI is InChI=1S/C17H35NO/c1-13(2)9-15(12-18-11-14(3)4)10-16-7-8-17(5,6)19-16/h13-16,18H,7-12H2,1-6H3. The fourth-order valence-corrected chi connectivity index (χ4v) is 3.12. The summed E-state index contributed by atoms with van der Waals surface area (Å²) < 4.78 is 6.16. The Kier molecular flexibility index (Phi) is 6.82. The van der Waals surface area contributed by atoms with Gasteiger partial charge in [0.05, 0.1) is 11.7 Å². The first-order chi connectivity index (χ1) is 8.78. The summed E-state index contributed by atoms with van der Waals surface area (Å²) in [6, 6.07) is 0. The Hall–Kier alpha value is -0.0800. The first-order valence-electron chi connectivity index (χ1n) is 8.17. The van der Waals surface area contributed by atoms with Gasteiger partial charge in [-0.25, -0.2) is 0 Å². The molecule has 19 heavy (non-hydrogen) atoms. The van der Waals surface area contributed by atoms with E-state index < -0.39 is 0 Å². The van der Waals surface area contributed by atoms with Crippen LogP contribution < -0.4 is 5.32 Å². The third-order valence-corrected chi connectivity index (χ3v) is 3.94. The molecule has 2 unspecified atom stereocenters. The fraction of sp³-hybridized carbons (Fsp3) is 1.00. The van der Waals surface area contributed by atoms with Crippen molar-refractivity contribution in [2.24, 2.45) is 17.8 Å². The molecule has 0 aliphatic carbocycles. The highest BCUT2D eigenvalue weighted by atomic mass is 16.5. The average molecular weight is 269 g/mol. The van der Waals surface area contributed by atoms with Gasteiger partial charge in [-0.05, 0) is 70.4 Å². The highest BCUT2D eigenvalue weighted by Crippen LogP contribution is 2.33. The van der Waals surface area contributed by atoms with Crippen LogP contribution in [0.15, 0.2) is 0 Å². The molecule has 0 aromatic heterocycles. The summed E-state index contributed by atoms with van der Waals surface area (Å²) in [6.45, 7) is 15.9. The molecule has 0 amide bonds. The zero-order chi connectivity index (χ0) is 14.5. The Morgan fingerprint density at radius 1 is 1.11 bits per heavy atom. The maximum absolute atomic E-state index is 6.16. The molecule has 0 bridgehead atoms. The molecular formula is C17H35NO. The van der Waals surface area contributed by atoms with Gasteiger partial charge in [-0.3, -0.25) is 0 Å². The molecule has 114 valence electrons. The minimum atomic E-state index is 0.110. The maximum Gasteiger partial charge on any atom is 0.0631 e. The minimum absolute atomic E-state index is 0.110. The predicted octanol–water partition coefficient (Wildman–Crippen LogP) is 4.24. The second-order valence-corrected chi connectivity index (χ2v) is 7.82. The van der Waals surface area contributed by atoms with Gasteiger partial charge in [-0.15, -0.1) is 0 Å². The summed E-state index contributed by atoms with van der Waals surface area (Å²) in [6.07, 6.45) is 5.48. The third kappa shape index (κ3) is 7.31. The van der Waals surface area contributed by atoms with Crippen molar-refractivity contribution in [3.8, 4) is 0 Å². The van der Waals surface area contributed by atoms with E-state index in [0.717, 1.165) is 30.8 Å². The lowest BCUT2D eigenvalue weighted by molar-refractivity contribution is -0.0255.